The molecule has 3 aromatic rings. The minimum atomic E-state index is -0.677. The van der Waals surface area contributed by atoms with Gasteiger partial charge in [0.05, 0.1) is 23.2 Å². The molecule has 2 N–H and O–H groups in total. The van der Waals surface area contributed by atoms with Gasteiger partial charge >= 0.3 is 5.97 Å². The van der Waals surface area contributed by atoms with Gasteiger partial charge in [0, 0.05) is 5.75 Å². The second-order valence-corrected chi connectivity index (χ2v) is 7.40. The van der Waals surface area contributed by atoms with Gasteiger partial charge in [-0.15, -0.1) is 16.4 Å². The molecule has 7 nitrogen and oxygen atoms in total. The fourth-order valence-corrected chi connectivity index (χ4v) is 3.51. The number of aromatic amines is 1. The lowest BCUT2D eigenvalue weighted by molar-refractivity contribution is 0.0526. The van der Waals surface area contributed by atoms with Crippen molar-refractivity contribution in [2.45, 2.75) is 18.2 Å². The predicted octanol–water partition coefficient (Wildman–Crippen LogP) is 3.24. The van der Waals surface area contributed by atoms with E-state index in [9.17, 15) is 9.90 Å². The lowest BCUT2D eigenvalue weighted by atomic mass is 10.2. The molecule has 0 saturated heterocycles. The normalized spacial score (nSPS) is 11.9. The van der Waals surface area contributed by atoms with E-state index in [1.165, 1.54) is 11.8 Å². The number of benzene rings is 1. The molecule has 2 aromatic heterocycles. The fourth-order valence-electron chi connectivity index (χ4n) is 2.15. The number of carbonyl (C=O) groups excluding carboxylic acids is 1. The van der Waals surface area contributed by atoms with Crippen molar-refractivity contribution in [2.24, 2.45) is 0 Å². The molecule has 0 aliphatic heterocycles. The van der Waals surface area contributed by atoms with Crippen LogP contribution in [0.4, 0.5) is 0 Å². The number of hydrogen-bond donors (Lipinski definition) is 2. The smallest absolute Gasteiger partial charge is 0.338 e. The van der Waals surface area contributed by atoms with Crippen LogP contribution in [-0.2, 0) is 4.74 Å². The summed E-state index contributed by atoms with van der Waals surface area (Å²) in [5.74, 6) is 1.33. The van der Waals surface area contributed by atoms with Crippen molar-refractivity contribution in [3.8, 4) is 16.5 Å². The van der Waals surface area contributed by atoms with Gasteiger partial charge in [-0.25, -0.2) is 9.78 Å². The molecule has 0 radical (unpaired) electrons. The average molecular weight is 406 g/mol. The first kappa shape index (κ1) is 19.4. The molecular weight excluding hydrogens is 386 g/mol. The molecule has 0 aliphatic carbocycles. The van der Waals surface area contributed by atoms with Crippen molar-refractivity contribution in [1.29, 1.82) is 0 Å². The summed E-state index contributed by atoms with van der Waals surface area (Å²) in [4.78, 5) is 17.0. The van der Waals surface area contributed by atoms with E-state index in [1.54, 1.807) is 42.5 Å². The maximum atomic E-state index is 11.6. The number of aromatic nitrogens is 3. The molecule has 0 saturated carbocycles. The van der Waals surface area contributed by atoms with E-state index in [4.69, 9.17) is 9.47 Å². The predicted molar refractivity (Wildman–Crippen MR) is 104 cm³/mol. The van der Waals surface area contributed by atoms with Gasteiger partial charge in [0.1, 0.15) is 12.4 Å². The van der Waals surface area contributed by atoms with Crippen LogP contribution in [0, 0.1) is 0 Å². The van der Waals surface area contributed by atoms with Gasteiger partial charge in [-0.3, -0.25) is 5.10 Å². The van der Waals surface area contributed by atoms with Crippen LogP contribution in [0.5, 0.6) is 5.75 Å². The van der Waals surface area contributed by atoms with Crippen molar-refractivity contribution in [1.82, 2.24) is 15.2 Å². The van der Waals surface area contributed by atoms with Crippen LogP contribution in [0.1, 0.15) is 17.3 Å². The summed E-state index contributed by atoms with van der Waals surface area (Å²) < 4.78 is 10.5. The van der Waals surface area contributed by atoms with Gasteiger partial charge < -0.3 is 14.6 Å². The first-order valence-corrected chi connectivity index (χ1v) is 10.2. The number of thioether (sulfide) groups is 1. The molecule has 2 heterocycles. The summed E-state index contributed by atoms with van der Waals surface area (Å²) in [7, 11) is 0. The number of nitrogens with one attached hydrogen (secondary N) is 1. The first-order chi connectivity index (χ1) is 13.2. The Morgan fingerprint density at radius 3 is 2.85 bits per heavy atom. The molecule has 27 heavy (non-hydrogen) atoms. The number of hydrogen-bond acceptors (Lipinski definition) is 8. The number of thiophene rings is 1. The Kier molecular flexibility index (Phi) is 6.86. The molecule has 0 amide bonds. The second-order valence-electron chi connectivity index (χ2n) is 5.46. The number of nitrogens with zero attached hydrogens (tertiary/aromatic N) is 2. The molecule has 0 spiro atoms. The summed E-state index contributed by atoms with van der Waals surface area (Å²) in [6, 6.07) is 10.5. The maximum absolute atomic E-state index is 11.6. The van der Waals surface area contributed by atoms with Gasteiger partial charge in [-0.05, 0) is 42.6 Å². The van der Waals surface area contributed by atoms with E-state index in [2.05, 4.69) is 15.2 Å². The molecular formula is C18H19N3O4S2. The molecule has 0 unspecified atom stereocenters. The van der Waals surface area contributed by atoms with Crippen LogP contribution >= 0.6 is 23.1 Å². The van der Waals surface area contributed by atoms with Crippen LogP contribution in [0.3, 0.4) is 0 Å². The average Bonchev–Trinajstić information content (AvgIpc) is 3.37. The Labute approximate surface area is 164 Å². The molecule has 0 fully saturated rings. The Morgan fingerprint density at radius 2 is 2.15 bits per heavy atom. The van der Waals surface area contributed by atoms with Crippen molar-refractivity contribution in [3.63, 3.8) is 0 Å². The molecule has 1 aromatic carbocycles. The van der Waals surface area contributed by atoms with E-state index in [1.807, 2.05) is 17.5 Å². The molecule has 0 bridgehead atoms. The zero-order chi connectivity index (χ0) is 19.1. The number of rotatable bonds is 9. The monoisotopic (exact) mass is 405 g/mol. The highest BCUT2D eigenvalue weighted by molar-refractivity contribution is 7.99. The summed E-state index contributed by atoms with van der Waals surface area (Å²) in [5.41, 5.74) is 0.464. The van der Waals surface area contributed by atoms with Crippen LogP contribution in [-0.4, -0.2) is 51.3 Å². The number of H-pyrrole nitrogens is 1. The number of carbonyl (C=O) groups is 1. The van der Waals surface area contributed by atoms with E-state index in [0.29, 0.717) is 28.8 Å². The standard InChI is InChI=1S/C18H19N3O4S2/c1-2-24-17(23)12-5-7-14(8-6-12)25-10-13(22)11-27-18-19-16(20-21-18)15-4-3-9-26-15/h3-9,13,22H,2,10-11H2,1H3,(H,19,20,21)/t13-/m0/s1. The molecule has 1 atom stereocenters. The fraction of sp³-hybridized carbons (Fsp3) is 0.278. The van der Waals surface area contributed by atoms with Gasteiger partial charge in [0.2, 0.25) is 5.16 Å². The van der Waals surface area contributed by atoms with Crippen LogP contribution in [0.25, 0.3) is 10.7 Å². The molecule has 0 aliphatic rings. The highest BCUT2D eigenvalue weighted by Crippen LogP contribution is 2.23. The summed E-state index contributed by atoms with van der Waals surface area (Å²) in [6.45, 7) is 2.23. The van der Waals surface area contributed by atoms with Gasteiger partial charge in [-0.1, -0.05) is 17.8 Å². The topological polar surface area (TPSA) is 97.3 Å². The summed E-state index contributed by atoms with van der Waals surface area (Å²) in [5, 5.41) is 19.7. The number of esters is 1. The zero-order valence-electron chi connectivity index (χ0n) is 14.6. The largest absolute Gasteiger partial charge is 0.491 e. The minimum Gasteiger partial charge on any atom is -0.491 e. The number of aliphatic hydroxyl groups is 1. The number of ether oxygens (including phenoxy) is 2. The van der Waals surface area contributed by atoms with Gasteiger partial charge in [0.25, 0.3) is 0 Å². The Balaban J connectivity index is 1.43. The van der Waals surface area contributed by atoms with Crippen molar-refractivity contribution in [3.05, 3.63) is 47.3 Å². The summed E-state index contributed by atoms with van der Waals surface area (Å²) in [6.07, 6.45) is -0.677. The SMILES string of the molecule is CCOC(=O)c1ccc(OC[C@H](O)CSc2n[nH]c(-c3cccs3)n2)cc1. The Hall–Kier alpha value is -2.36. The third kappa shape index (κ3) is 5.56. The highest BCUT2D eigenvalue weighted by Gasteiger charge is 2.12. The third-order valence-electron chi connectivity index (χ3n) is 3.43. The van der Waals surface area contributed by atoms with Crippen molar-refractivity contribution >= 4 is 29.1 Å². The molecule has 142 valence electrons. The third-order valence-corrected chi connectivity index (χ3v) is 5.30. The van der Waals surface area contributed by atoms with Crippen molar-refractivity contribution in [2.75, 3.05) is 19.0 Å². The lowest BCUT2D eigenvalue weighted by Crippen LogP contribution is -2.20. The van der Waals surface area contributed by atoms with Gasteiger partial charge in [-0.2, -0.15) is 0 Å². The minimum absolute atomic E-state index is 0.133. The highest BCUT2D eigenvalue weighted by atomic mass is 32.2. The van der Waals surface area contributed by atoms with Crippen LogP contribution in [0.15, 0.2) is 46.9 Å². The number of aliphatic hydroxyl groups excluding tert-OH is 1. The van der Waals surface area contributed by atoms with Crippen LogP contribution in [0.2, 0.25) is 0 Å². The Morgan fingerprint density at radius 1 is 1.33 bits per heavy atom. The lowest BCUT2D eigenvalue weighted by Gasteiger charge is -2.11. The zero-order valence-corrected chi connectivity index (χ0v) is 16.3. The van der Waals surface area contributed by atoms with Crippen molar-refractivity contribution < 1.29 is 19.4 Å². The Bertz CT molecular complexity index is 850. The van der Waals surface area contributed by atoms with E-state index in [-0.39, 0.29) is 12.6 Å². The maximum Gasteiger partial charge on any atom is 0.338 e. The summed E-state index contributed by atoms with van der Waals surface area (Å²) >= 11 is 2.94. The van der Waals surface area contributed by atoms with Crippen LogP contribution < -0.4 is 4.74 Å². The molecule has 9 heteroatoms. The van der Waals surface area contributed by atoms with E-state index < -0.39 is 6.10 Å². The first-order valence-electron chi connectivity index (χ1n) is 8.33. The van der Waals surface area contributed by atoms with E-state index in [0.717, 1.165) is 10.7 Å². The van der Waals surface area contributed by atoms with Gasteiger partial charge in [0.15, 0.2) is 5.82 Å². The second kappa shape index (κ2) is 9.54. The quantitative estimate of drug-likeness (QED) is 0.417. The van der Waals surface area contributed by atoms with E-state index >= 15 is 0 Å². The molecule has 3 rings (SSSR count).